The predicted molar refractivity (Wildman–Crippen MR) is 49.9 cm³/mol. The van der Waals surface area contributed by atoms with E-state index in [0.717, 1.165) is 12.8 Å². The van der Waals surface area contributed by atoms with Crippen LogP contribution in [0.4, 0.5) is 0 Å². The fraction of sp³-hybridized carbons (Fsp3) is 0.900. The molecular weight excluding hydrogens is 150 g/mol. The molecule has 0 aliphatic heterocycles. The minimum atomic E-state index is 0.0986. The van der Waals surface area contributed by atoms with Crippen LogP contribution in [0.3, 0.4) is 0 Å². The van der Waals surface area contributed by atoms with Crippen molar-refractivity contribution in [1.29, 1.82) is 0 Å². The van der Waals surface area contributed by atoms with Crippen LogP contribution in [-0.2, 0) is 4.79 Å². The molecule has 1 N–H and O–H groups in total. The molecule has 0 aromatic heterocycles. The van der Waals surface area contributed by atoms with E-state index in [1.54, 1.807) is 0 Å². The summed E-state index contributed by atoms with van der Waals surface area (Å²) >= 11 is 0. The molecule has 0 radical (unpaired) electrons. The van der Waals surface area contributed by atoms with E-state index in [1.807, 2.05) is 13.8 Å². The smallest absolute Gasteiger partial charge is 0.222 e. The Bertz CT molecular complexity index is 169. The zero-order valence-corrected chi connectivity index (χ0v) is 8.31. The molecule has 0 atom stereocenters. The maximum Gasteiger partial charge on any atom is 0.222 e. The Morgan fingerprint density at radius 2 is 1.83 bits per heavy atom. The second kappa shape index (κ2) is 3.46. The minimum Gasteiger partial charge on any atom is -0.351 e. The topological polar surface area (TPSA) is 29.1 Å². The van der Waals surface area contributed by atoms with Gasteiger partial charge in [-0.2, -0.15) is 0 Å². The highest BCUT2D eigenvalue weighted by molar-refractivity contribution is 5.78. The SMILES string of the molecule is CC(C)C(=O)NC1(C)CCCC1. The standard InChI is InChI=1S/C10H19NO/c1-8(2)9(12)11-10(3)6-4-5-7-10/h8H,4-7H2,1-3H3,(H,11,12). The number of hydrogen-bond donors (Lipinski definition) is 1. The molecule has 1 fully saturated rings. The van der Waals surface area contributed by atoms with E-state index in [-0.39, 0.29) is 17.4 Å². The average molecular weight is 169 g/mol. The molecule has 0 saturated heterocycles. The first kappa shape index (κ1) is 9.56. The van der Waals surface area contributed by atoms with Gasteiger partial charge in [-0.05, 0) is 19.8 Å². The van der Waals surface area contributed by atoms with Gasteiger partial charge in [0.05, 0.1) is 0 Å². The Labute approximate surface area is 74.7 Å². The number of carbonyl (C=O) groups is 1. The summed E-state index contributed by atoms with van der Waals surface area (Å²) in [5.41, 5.74) is 0.0986. The van der Waals surface area contributed by atoms with E-state index in [2.05, 4.69) is 12.2 Å². The van der Waals surface area contributed by atoms with E-state index in [0.29, 0.717) is 0 Å². The quantitative estimate of drug-likeness (QED) is 0.673. The van der Waals surface area contributed by atoms with Gasteiger partial charge in [0.15, 0.2) is 0 Å². The molecule has 0 unspecified atom stereocenters. The zero-order valence-electron chi connectivity index (χ0n) is 8.31. The lowest BCUT2D eigenvalue weighted by molar-refractivity contribution is -0.125. The van der Waals surface area contributed by atoms with E-state index < -0.39 is 0 Å². The van der Waals surface area contributed by atoms with Crippen LogP contribution in [0.1, 0.15) is 46.5 Å². The molecule has 0 heterocycles. The van der Waals surface area contributed by atoms with Crippen molar-refractivity contribution in [2.24, 2.45) is 5.92 Å². The molecule has 2 nitrogen and oxygen atoms in total. The zero-order chi connectivity index (χ0) is 9.19. The summed E-state index contributed by atoms with van der Waals surface area (Å²) in [6.45, 7) is 6.03. The fourth-order valence-corrected chi connectivity index (χ4v) is 1.72. The molecule has 0 aromatic rings. The van der Waals surface area contributed by atoms with E-state index >= 15 is 0 Å². The lowest BCUT2D eigenvalue weighted by Gasteiger charge is -2.26. The maximum atomic E-state index is 11.4. The molecule has 2 heteroatoms. The molecule has 0 spiro atoms. The fourth-order valence-electron chi connectivity index (χ4n) is 1.72. The molecule has 1 saturated carbocycles. The van der Waals surface area contributed by atoms with Crippen molar-refractivity contribution in [2.75, 3.05) is 0 Å². The van der Waals surface area contributed by atoms with E-state index in [1.165, 1.54) is 12.8 Å². The molecule has 12 heavy (non-hydrogen) atoms. The number of carbonyl (C=O) groups excluding carboxylic acids is 1. The molecule has 0 aromatic carbocycles. The Kier molecular flexibility index (Phi) is 2.76. The van der Waals surface area contributed by atoms with Gasteiger partial charge < -0.3 is 5.32 Å². The third-order valence-electron chi connectivity index (χ3n) is 2.66. The van der Waals surface area contributed by atoms with E-state index in [4.69, 9.17) is 0 Å². The highest BCUT2D eigenvalue weighted by Crippen LogP contribution is 2.28. The Morgan fingerprint density at radius 3 is 2.25 bits per heavy atom. The summed E-state index contributed by atoms with van der Waals surface area (Å²) in [6.07, 6.45) is 4.81. The normalized spacial score (nSPS) is 21.3. The first-order valence-corrected chi connectivity index (χ1v) is 4.85. The summed E-state index contributed by atoms with van der Waals surface area (Å²) in [7, 11) is 0. The van der Waals surface area contributed by atoms with E-state index in [9.17, 15) is 4.79 Å². The van der Waals surface area contributed by atoms with Gasteiger partial charge in [0.25, 0.3) is 0 Å². The van der Waals surface area contributed by atoms with Crippen molar-refractivity contribution in [1.82, 2.24) is 5.32 Å². The van der Waals surface area contributed by atoms with Gasteiger partial charge in [-0.15, -0.1) is 0 Å². The Morgan fingerprint density at radius 1 is 1.33 bits per heavy atom. The van der Waals surface area contributed by atoms with Crippen molar-refractivity contribution in [3.8, 4) is 0 Å². The first-order valence-electron chi connectivity index (χ1n) is 4.85. The second-order valence-electron chi connectivity index (χ2n) is 4.41. The third kappa shape index (κ3) is 2.23. The van der Waals surface area contributed by atoms with Gasteiger partial charge in [0, 0.05) is 11.5 Å². The molecule has 0 bridgehead atoms. The van der Waals surface area contributed by atoms with Crippen LogP contribution >= 0.6 is 0 Å². The van der Waals surface area contributed by atoms with Crippen molar-refractivity contribution in [3.05, 3.63) is 0 Å². The van der Waals surface area contributed by atoms with Crippen molar-refractivity contribution in [3.63, 3.8) is 0 Å². The van der Waals surface area contributed by atoms with Gasteiger partial charge in [0.1, 0.15) is 0 Å². The van der Waals surface area contributed by atoms with Crippen LogP contribution in [0.15, 0.2) is 0 Å². The van der Waals surface area contributed by atoms with Crippen LogP contribution in [0, 0.1) is 5.92 Å². The Balaban J connectivity index is 2.44. The van der Waals surface area contributed by atoms with Crippen LogP contribution in [-0.4, -0.2) is 11.4 Å². The van der Waals surface area contributed by atoms with Gasteiger partial charge in [-0.25, -0.2) is 0 Å². The highest BCUT2D eigenvalue weighted by atomic mass is 16.2. The number of amides is 1. The lowest BCUT2D eigenvalue weighted by atomic mass is 9.99. The number of nitrogens with one attached hydrogen (secondary N) is 1. The van der Waals surface area contributed by atoms with Crippen LogP contribution < -0.4 is 5.32 Å². The highest BCUT2D eigenvalue weighted by Gasteiger charge is 2.30. The van der Waals surface area contributed by atoms with Crippen LogP contribution in [0.2, 0.25) is 0 Å². The second-order valence-corrected chi connectivity index (χ2v) is 4.41. The third-order valence-corrected chi connectivity index (χ3v) is 2.66. The van der Waals surface area contributed by atoms with Gasteiger partial charge in [-0.3, -0.25) is 4.79 Å². The van der Waals surface area contributed by atoms with Crippen LogP contribution in [0.25, 0.3) is 0 Å². The molecular formula is C10H19NO. The predicted octanol–water partition coefficient (Wildman–Crippen LogP) is 2.09. The maximum absolute atomic E-state index is 11.4. The molecule has 70 valence electrons. The summed E-state index contributed by atoms with van der Waals surface area (Å²) in [5.74, 6) is 0.307. The molecule has 1 aliphatic rings. The van der Waals surface area contributed by atoms with Gasteiger partial charge in [-0.1, -0.05) is 26.7 Å². The van der Waals surface area contributed by atoms with Gasteiger partial charge in [0.2, 0.25) is 5.91 Å². The molecule has 1 aliphatic carbocycles. The van der Waals surface area contributed by atoms with Crippen molar-refractivity contribution in [2.45, 2.75) is 52.0 Å². The summed E-state index contributed by atoms with van der Waals surface area (Å²) in [4.78, 5) is 11.4. The number of rotatable bonds is 2. The van der Waals surface area contributed by atoms with Crippen LogP contribution in [0.5, 0.6) is 0 Å². The van der Waals surface area contributed by atoms with Gasteiger partial charge >= 0.3 is 0 Å². The lowest BCUT2D eigenvalue weighted by Crippen LogP contribution is -2.45. The average Bonchev–Trinajstić information content (AvgIpc) is 2.35. The minimum absolute atomic E-state index is 0.0986. The monoisotopic (exact) mass is 169 g/mol. The Hall–Kier alpha value is -0.530. The first-order chi connectivity index (χ1) is 5.53. The van der Waals surface area contributed by atoms with Crippen molar-refractivity contribution >= 4 is 5.91 Å². The molecule has 1 amide bonds. The molecule has 1 rings (SSSR count). The summed E-state index contributed by atoms with van der Waals surface area (Å²) < 4.78 is 0. The van der Waals surface area contributed by atoms with Crippen molar-refractivity contribution < 1.29 is 4.79 Å². The largest absolute Gasteiger partial charge is 0.351 e. The summed E-state index contributed by atoms with van der Waals surface area (Å²) in [6, 6.07) is 0. The number of hydrogen-bond acceptors (Lipinski definition) is 1. The summed E-state index contributed by atoms with van der Waals surface area (Å²) in [5, 5.41) is 3.12.